The molecule has 1 rings (SSSR count). The number of halogens is 2. The first kappa shape index (κ1) is 11.9. The molecule has 3 heteroatoms. The molecule has 0 bridgehead atoms. The number of nitrogens with two attached hydrogens (primary N) is 1. The SMILES string of the molecule is C=C(C)CC(N)c1cc(C)c(F)cc1F. The third-order valence-corrected chi connectivity index (χ3v) is 2.25. The van der Waals surface area contributed by atoms with E-state index in [1.54, 1.807) is 6.92 Å². The van der Waals surface area contributed by atoms with Gasteiger partial charge in [-0.15, -0.1) is 6.58 Å². The highest BCUT2D eigenvalue weighted by atomic mass is 19.1. The van der Waals surface area contributed by atoms with Gasteiger partial charge in [-0.2, -0.15) is 0 Å². The van der Waals surface area contributed by atoms with Crippen molar-refractivity contribution in [3.05, 3.63) is 47.0 Å². The molecular weight excluding hydrogens is 196 g/mol. The topological polar surface area (TPSA) is 26.0 Å². The Kier molecular flexibility index (Phi) is 3.58. The Labute approximate surface area is 88.6 Å². The van der Waals surface area contributed by atoms with Crippen LogP contribution in [0.1, 0.15) is 30.5 Å². The fourth-order valence-corrected chi connectivity index (χ4v) is 1.45. The molecule has 0 spiro atoms. The van der Waals surface area contributed by atoms with Gasteiger partial charge in [0.1, 0.15) is 11.6 Å². The molecule has 0 aliphatic heterocycles. The minimum Gasteiger partial charge on any atom is -0.324 e. The first-order valence-corrected chi connectivity index (χ1v) is 4.77. The first-order valence-electron chi connectivity index (χ1n) is 4.77. The van der Waals surface area contributed by atoms with Gasteiger partial charge in [-0.1, -0.05) is 5.57 Å². The third kappa shape index (κ3) is 2.86. The summed E-state index contributed by atoms with van der Waals surface area (Å²) >= 11 is 0. The highest BCUT2D eigenvalue weighted by Crippen LogP contribution is 2.23. The Bertz CT molecular complexity index is 385. The van der Waals surface area contributed by atoms with E-state index in [4.69, 9.17) is 5.73 Å². The van der Waals surface area contributed by atoms with E-state index < -0.39 is 17.7 Å². The summed E-state index contributed by atoms with van der Waals surface area (Å²) < 4.78 is 26.4. The Balaban J connectivity index is 3.03. The normalized spacial score (nSPS) is 12.6. The molecule has 0 saturated carbocycles. The molecule has 1 unspecified atom stereocenters. The summed E-state index contributed by atoms with van der Waals surface area (Å²) in [6, 6.07) is 1.88. The Morgan fingerprint density at radius 3 is 2.53 bits per heavy atom. The van der Waals surface area contributed by atoms with E-state index >= 15 is 0 Å². The van der Waals surface area contributed by atoms with E-state index in [1.807, 2.05) is 6.92 Å². The molecule has 0 aliphatic rings. The van der Waals surface area contributed by atoms with Crippen LogP contribution >= 0.6 is 0 Å². The maximum Gasteiger partial charge on any atom is 0.130 e. The lowest BCUT2D eigenvalue weighted by molar-refractivity contribution is 0.549. The summed E-state index contributed by atoms with van der Waals surface area (Å²) in [4.78, 5) is 0. The van der Waals surface area contributed by atoms with Crippen molar-refractivity contribution in [1.29, 1.82) is 0 Å². The van der Waals surface area contributed by atoms with E-state index in [9.17, 15) is 8.78 Å². The highest BCUT2D eigenvalue weighted by Gasteiger charge is 2.13. The van der Waals surface area contributed by atoms with Crippen molar-refractivity contribution in [2.45, 2.75) is 26.3 Å². The lowest BCUT2D eigenvalue weighted by Gasteiger charge is -2.13. The molecule has 0 saturated heterocycles. The summed E-state index contributed by atoms with van der Waals surface area (Å²) in [7, 11) is 0. The molecule has 0 aliphatic carbocycles. The van der Waals surface area contributed by atoms with E-state index in [0.717, 1.165) is 11.6 Å². The molecule has 2 N–H and O–H groups in total. The van der Waals surface area contributed by atoms with Crippen molar-refractivity contribution >= 4 is 0 Å². The lowest BCUT2D eigenvalue weighted by Crippen LogP contribution is -2.13. The summed E-state index contributed by atoms with van der Waals surface area (Å²) in [5.41, 5.74) is 7.42. The molecule has 0 heterocycles. The predicted molar refractivity (Wildman–Crippen MR) is 57.5 cm³/mol. The number of benzene rings is 1. The van der Waals surface area contributed by atoms with Crippen LogP contribution in [0.15, 0.2) is 24.3 Å². The number of hydrogen-bond acceptors (Lipinski definition) is 1. The Morgan fingerprint density at radius 1 is 1.40 bits per heavy atom. The molecular formula is C12H15F2N. The van der Waals surface area contributed by atoms with Crippen molar-refractivity contribution in [3.8, 4) is 0 Å². The highest BCUT2D eigenvalue weighted by molar-refractivity contribution is 5.28. The quantitative estimate of drug-likeness (QED) is 0.763. The van der Waals surface area contributed by atoms with Gasteiger partial charge >= 0.3 is 0 Å². The predicted octanol–water partition coefficient (Wildman–Crippen LogP) is 3.24. The molecule has 0 amide bonds. The van der Waals surface area contributed by atoms with Gasteiger partial charge in [0, 0.05) is 17.7 Å². The van der Waals surface area contributed by atoms with E-state index in [2.05, 4.69) is 6.58 Å². The van der Waals surface area contributed by atoms with Crippen LogP contribution < -0.4 is 5.73 Å². The first-order chi connectivity index (χ1) is 6.91. The Morgan fingerprint density at radius 2 is 2.00 bits per heavy atom. The van der Waals surface area contributed by atoms with Gasteiger partial charge in [-0.25, -0.2) is 8.78 Å². The standard InChI is InChI=1S/C12H15F2N/c1-7(2)4-12(15)9-5-8(3)10(13)6-11(9)14/h5-6,12H,1,4,15H2,2-3H3. The molecule has 82 valence electrons. The van der Waals surface area contributed by atoms with E-state index in [-0.39, 0.29) is 0 Å². The van der Waals surface area contributed by atoms with Crippen LogP contribution in [0.25, 0.3) is 0 Å². The van der Waals surface area contributed by atoms with E-state index in [0.29, 0.717) is 17.5 Å². The van der Waals surface area contributed by atoms with Gasteiger partial charge < -0.3 is 5.73 Å². The van der Waals surface area contributed by atoms with Crippen molar-refractivity contribution in [2.24, 2.45) is 5.73 Å². The average molecular weight is 211 g/mol. The fraction of sp³-hybridized carbons (Fsp3) is 0.333. The van der Waals surface area contributed by atoms with Crippen LogP contribution in [-0.4, -0.2) is 0 Å². The van der Waals surface area contributed by atoms with Gasteiger partial charge in [0.25, 0.3) is 0 Å². The fourth-order valence-electron chi connectivity index (χ4n) is 1.45. The minimum absolute atomic E-state index is 0.344. The van der Waals surface area contributed by atoms with Gasteiger partial charge in [0.05, 0.1) is 0 Å². The molecule has 0 fully saturated rings. The summed E-state index contributed by atoms with van der Waals surface area (Å²) in [5.74, 6) is -1.13. The second-order valence-electron chi connectivity index (χ2n) is 3.89. The minimum atomic E-state index is -0.591. The smallest absolute Gasteiger partial charge is 0.130 e. The maximum atomic E-state index is 13.4. The zero-order chi connectivity index (χ0) is 11.6. The molecule has 1 aromatic rings. The second-order valence-corrected chi connectivity index (χ2v) is 3.89. The van der Waals surface area contributed by atoms with Gasteiger partial charge in [-0.3, -0.25) is 0 Å². The van der Waals surface area contributed by atoms with Crippen LogP contribution in [0.2, 0.25) is 0 Å². The zero-order valence-electron chi connectivity index (χ0n) is 8.98. The molecule has 1 atom stereocenters. The molecule has 1 aromatic carbocycles. The number of hydrogen-bond donors (Lipinski definition) is 1. The van der Waals surface area contributed by atoms with Crippen LogP contribution in [0.4, 0.5) is 8.78 Å². The van der Waals surface area contributed by atoms with Gasteiger partial charge in [0.2, 0.25) is 0 Å². The zero-order valence-corrected chi connectivity index (χ0v) is 8.98. The van der Waals surface area contributed by atoms with Crippen molar-refractivity contribution in [2.75, 3.05) is 0 Å². The summed E-state index contributed by atoms with van der Waals surface area (Å²) in [6.07, 6.45) is 0.502. The van der Waals surface area contributed by atoms with Crippen molar-refractivity contribution < 1.29 is 8.78 Å². The monoisotopic (exact) mass is 211 g/mol. The number of aryl methyl sites for hydroxylation is 1. The van der Waals surface area contributed by atoms with Gasteiger partial charge in [-0.05, 0) is 31.9 Å². The van der Waals surface area contributed by atoms with Gasteiger partial charge in [0.15, 0.2) is 0 Å². The van der Waals surface area contributed by atoms with Crippen LogP contribution in [0.3, 0.4) is 0 Å². The number of rotatable bonds is 3. The van der Waals surface area contributed by atoms with Crippen molar-refractivity contribution in [3.63, 3.8) is 0 Å². The average Bonchev–Trinajstić information content (AvgIpc) is 2.09. The third-order valence-electron chi connectivity index (χ3n) is 2.25. The van der Waals surface area contributed by atoms with Crippen LogP contribution in [0, 0.1) is 18.6 Å². The summed E-state index contributed by atoms with van der Waals surface area (Å²) in [5, 5.41) is 0. The second kappa shape index (κ2) is 4.53. The maximum absolute atomic E-state index is 13.4. The largest absolute Gasteiger partial charge is 0.324 e. The molecule has 15 heavy (non-hydrogen) atoms. The lowest BCUT2D eigenvalue weighted by atomic mass is 9.99. The summed E-state index contributed by atoms with van der Waals surface area (Å²) in [6.45, 7) is 7.13. The Hall–Kier alpha value is -1.22. The molecule has 1 nitrogen and oxygen atoms in total. The van der Waals surface area contributed by atoms with Crippen LogP contribution in [0.5, 0.6) is 0 Å². The molecule has 0 radical (unpaired) electrons. The van der Waals surface area contributed by atoms with Crippen molar-refractivity contribution in [1.82, 2.24) is 0 Å². The molecule has 0 aromatic heterocycles. The van der Waals surface area contributed by atoms with Crippen LogP contribution in [-0.2, 0) is 0 Å². The van der Waals surface area contributed by atoms with E-state index in [1.165, 1.54) is 6.07 Å².